The Bertz CT molecular complexity index is 1300. The number of nitrogens with one attached hydrogen (secondary N) is 1. The maximum Gasteiger partial charge on any atom is 0.277 e. The van der Waals surface area contributed by atoms with Crippen LogP contribution in [0, 0.1) is 12.8 Å². The van der Waals surface area contributed by atoms with Crippen LogP contribution in [0.4, 0.5) is 5.95 Å². The lowest BCUT2D eigenvalue weighted by molar-refractivity contribution is -0.125. The standard InChI is InChI=1S/C24H24N4O3S/c1-16-7-8-19(31-16)15-25-22(29)17-9-12-27(13-10-17)24-26-20-11-14-32-21(20)23(30)28(24)18-5-3-2-4-6-18/h2-8,11,14,17H,9-10,12-13,15H2,1H3,(H,25,29). The van der Waals surface area contributed by atoms with Gasteiger partial charge in [0.1, 0.15) is 16.2 Å². The van der Waals surface area contributed by atoms with Crippen molar-refractivity contribution in [2.75, 3.05) is 18.0 Å². The van der Waals surface area contributed by atoms with Gasteiger partial charge >= 0.3 is 0 Å². The van der Waals surface area contributed by atoms with Gasteiger partial charge in [0.25, 0.3) is 5.56 Å². The minimum atomic E-state index is -0.0657. The highest BCUT2D eigenvalue weighted by atomic mass is 32.1. The summed E-state index contributed by atoms with van der Waals surface area (Å²) in [5.74, 6) is 2.21. The molecule has 8 heteroatoms. The van der Waals surface area contributed by atoms with Gasteiger partial charge in [0, 0.05) is 19.0 Å². The SMILES string of the molecule is Cc1ccc(CNC(=O)C2CCN(c3nc4ccsc4c(=O)n3-c3ccccc3)CC2)o1. The number of carbonyl (C=O) groups excluding carboxylic acids is 1. The van der Waals surface area contributed by atoms with Gasteiger partial charge < -0.3 is 14.6 Å². The quantitative estimate of drug-likeness (QED) is 0.501. The summed E-state index contributed by atoms with van der Waals surface area (Å²) in [7, 11) is 0. The van der Waals surface area contributed by atoms with Crippen molar-refractivity contribution in [2.45, 2.75) is 26.3 Å². The second kappa shape index (κ2) is 8.63. The number of thiophene rings is 1. The molecule has 3 aromatic heterocycles. The van der Waals surface area contributed by atoms with Crippen LogP contribution in [0.2, 0.25) is 0 Å². The number of anilines is 1. The van der Waals surface area contributed by atoms with Crippen molar-refractivity contribution in [3.8, 4) is 5.69 Å². The van der Waals surface area contributed by atoms with E-state index in [0.29, 0.717) is 43.1 Å². The number of rotatable bonds is 5. The third-order valence-electron chi connectivity index (χ3n) is 5.86. The van der Waals surface area contributed by atoms with Gasteiger partial charge in [-0.25, -0.2) is 9.55 Å². The van der Waals surface area contributed by atoms with Crippen molar-refractivity contribution in [1.82, 2.24) is 14.9 Å². The van der Waals surface area contributed by atoms with Crippen LogP contribution in [-0.4, -0.2) is 28.5 Å². The number of carbonyl (C=O) groups is 1. The van der Waals surface area contributed by atoms with E-state index in [1.807, 2.05) is 60.8 Å². The van der Waals surface area contributed by atoms with Gasteiger partial charge in [0.05, 0.1) is 17.7 Å². The van der Waals surface area contributed by atoms with Crippen molar-refractivity contribution in [3.05, 3.63) is 75.8 Å². The van der Waals surface area contributed by atoms with Crippen LogP contribution >= 0.6 is 11.3 Å². The fourth-order valence-electron chi connectivity index (χ4n) is 4.16. The van der Waals surface area contributed by atoms with Crippen molar-refractivity contribution in [3.63, 3.8) is 0 Å². The lowest BCUT2D eigenvalue weighted by Crippen LogP contribution is -2.42. The third kappa shape index (κ3) is 3.93. The van der Waals surface area contributed by atoms with Gasteiger partial charge in [-0.1, -0.05) is 18.2 Å². The monoisotopic (exact) mass is 448 g/mol. The molecule has 32 heavy (non-hydrogen) atoms. The Kier molecular flexibility index (Phi) is 5.53. The number of aromatic nitrogens is 2. The molecule has 1 aliphatic rings. The van der Waals surface area contributed by atoms with Gasteiger partial charge in [-0.05, 0) is 55.5 Å². The lowest BCUT2D eigenvalue weighted by atomic mass is 9.96. The van der Waals surface area contributed by atoms with E-state index in [0.717, 1.165) is 22.7 Å². The molecule has 164 valence electrons. The predicted octanol–water partition coefficient (Wildman–Crippen LogP) is 3.88. The average Bonchev–Trinajstić information content (AvgIpc) is 3.47. The second-order valence-corrected chi connectivity index (χ2v) is 8.93. The first-order valence-electron chi connectivity index (χ1n) is 10.7. The highest BCUT2D eigenvalue weighted by Gasteiger charge is 2.28. The molecule has 0 spiro atoms. The fourth-order valence-corrected chi connectivity index (χ4v) is 4.92. The zero-order valence-electron chi connectivity index (χ0n) is 17.8. The van der Waals surface area contributed by atoms with E-state index >= 15 is 0 Å². The number of piperidine rings is 1. The third-order valence-corrected chi connectivity index (χ3v) is 6.75. The highest BCUT2D eigenvalue weighted by molar-refractivity contribution is 7.17. The number of furan rings is 1. The molecule has 0 unspecified atom stereocenters. The summed E-state index contributed by atoms with van der Waals surface area (Å²) in [6.07, 6.45) is 1.41. The molecule has 5 rings (SSSR count). The molecule has 1 N–H and O–H groups in total. The molecular weight excluding hydrogens is 424 g/mol. The highest BCUT2D eigenvalue weighted by Crippen LogP contribution is 2.26. The van der Waals surface area contributed by atoms with E-state index in [1.165, 1.54) is 11.3 Å². The van der Waals surface area contributed by atoms with Crippen LogP contribution in [0.25, 0.3) is 15.9 Å². The summed E-state index contributed by atoms with van der Waals surface area (Å²) >= 11 is 1.41. The molecule has 0 aliphatic carbocycles. The number of hydrogen-bond donors (Lipinski definition) is 1. The molecule has 1 amide bonds. The van der Waals surface area contributed by atoms with Gasteiger partial charge in [-0.15, -0.1) is 11.3 Å². The first kappa shape index (κ1) is 20.5. The summed E-state index contributed by atoms with van der Waals surface area (Å²) in [5, 5.41) is 4.88. The molecule has 7 nitrogen and oxygen atoms in total. The van der Waals surface area contributed by atoms with Gasteiger partial charge in [0.15, 0.2) is 0 Å². The summed E-state index contributed by atoms with van der Waals surface area (Å²) in [6.45, 7) is 3.61. The van der Waals surface area contributed by atoms with Gasteiger partial charge in [-0.3, -0.25) is 9.59 Å². The van der Waals surface area contributed by atoms with Crippen molar-refractivity contribution in [2.24, 2.45) is 5.92 Å². The van der Waals surface area contributed by atoms with E-state index in [2.05, 4.69) is 10.2 Å². The summed E-state index contributed by atoms with van der Waals surface area (Å²) in [5.41, 5.74) is 1.46. The van der Waals surface area contributed by atoms with Crippen LogP contribution in [0.3, 0.4) is 0 Å². The molecule has 1 fully saturated rings. The molecule has 0 bridgehead atoms. The maximum atomic E-state index is 13.3. The minimum Gasteiger partial charge on any atom is -0.465 e. The normalized spacial score (nSPS) is 14.7. The molecule has 1 saturated heterocycles. The number of nitrogens with zero attached hydrogens (tertiary/aromatic N) is 3. The Morgan fingerprint density at radius 1 is 1.16 bits per heavy atom. The summed E-state index contributed by atoms with van der Waals surface area (Å²) in [4.78, 5) is 32.9. The smallest absolute Gasteiger partial charge is 0.277 e. The Labute approximate surface area is 189 Å². The van der Waals surface area contributed by atoms with Gasteiger partial charge in [0.2, 0.25) is 11.9 Å². The molecule has 0 atom stereocenters. The zero-order valence-corrected chi connectivity index (χ0v) is 18.6. The van der Waals surface area contributed by atoms with Crippen LogP contribution in [0.1, 0.15) is 24.4 Å². The molecule has 1 aromatic carbocycles. The Morgan fingerprint density at radius 3 is 2.66 bits per heavy atom. The number of fused-ring (bicyclic) bond motifs is 1. The van der Waals surface area contributed by atoms with E-state index in [-0.39, 0.29) is 17.4 Å². The van der Waals surface area contributed by atoms with Crippen molar-refractivity contribution in [1.29, 1.82) is 0 Å². The fraction of sp³-hybridized carbons (Fsp3) is 0.292. The second-order valence-electron chi connectivity index (χ2n) is 8.01. The minimum absolute atomic E-state index is 0.0420. The predicted molar refractivity (Wildman–Crippen MR) is 125 cm³/mol. The van der Waals surface area contributed by atoms with Crippen LogP contribution in [0.15, 0.2) is 63.1 Å². The molecule has 4 aromatic rings. The first-order valence-corrected chi connectivity index (χ1v) is 11.6. The topological polar surface area (TPSA) is 80.4 Å². The lowest BCUT2D eigenvalue weighted by Gasteiger charge is -2.33. The van der Waals surface area contributed by atoms with Gasteiger partial charge in [-0.2, -0.15) is 0 Å². The number of hydrogen-bond acceptors (Lipinski definition) is 6. The van der Waals surface area contributed by atoms with E-state index in [1.54, 1.807) is 4.57 Å². The van der Waals surface area contributed by atoms with E-state index < -0.39 is 0 Å². The Balaban J connectivity index is 1.35. The number of aryl methyl sites for hydroxylation is 1. The van der Waals surface area contributed by atoms with Crippen LogP contribution in [-0.2, 0) is 11.3 Å². The molecule has 1 aliphatic heterocycles. The van der Waals surface area contributed by atoms with Crippen molar-refractivity contribution < 1.29 is 9.21 Å². The average molecular weight is 449 g/mol. The van der Waals surface area contributed by atoms with Crippen molar-refractivity contribution >= 4 is 33.4 Å². The molecule has 0 saturated carbocycles. The molecule has 0 radical (unpaired) electrons. The number of amides is 1. The molecular formula is C24H24N4O3S. The Hall–Kier alpha value is -3.39. The summed E-state index contributed by atoms with van der Waals surface area (Å²) < 4.78 is 7.87. The largest absolute Gasteiger partial charge is 0.465 e. The number of para-hydroxylation sites is 1. The number of benzene rings is 1. The maximum absolute atomic E-state index is 13.3. The Morgan fingerprint density at radius 2 is 1.94 bits per heavy atom. The van der Waals surface area contributed by atoms with Crippen LogP contribution < -0.4 is 15.8 Å². The van der Waals surface area contributed by atoms with E-state index in [9.17, 15) is 9.59 Å². The summed E-state index contributed by atoms with van der Waals surface area (Å²) in [6, 6.07) is 15.3. The van der Waals surface area contributed by atoms with Crippen LogP contribution in [0.5, 0.6) is 0 Å². The zero-order chi connectivity index (χ0) is 22.1. The van der Waals surface area contributed by atoms with E-state index in [4.69, 9.17) is 9.40 Å². The molecule has 4 heterocycles. The first-order chi connectivity index (χ1) is 15.6.